The number of nitrogens with one attached hydrogen (secondary N) is 2. The molecule has 3 N–H and O–H groups in total. The summed E-state index contributed by atoms with van der Waals surface area (Å²) in [5.74, 6) is 0.0724. The van der Waals surface area contributed by atoms with Crippen molar-refractivity contribution in [1.82, 2.24) is 10.3 Å². The van der Waals surface area contributed by atoms with Crippen molar-refractivity contribution in [3.8, 4) is 0 Å². The van der Waals surface area contributed by atoms with E-state index in [0.717, 1.165) is 24.8 Å². The van der Waals surface area contributed by atoms with Gasteiger partial charge in [-0.05, 0) is 30.9 Å². The number of aromatic amines is 1. The van der Waals surface area contributed by atoms with Crippen molar-refractivity contribution in [2.45, 2.75) is 25.7 Å². The zero-order valence-electron chi connectivity index (χ0n) is 11.0. The summed E-state index contributed by atoms with van der Waals surface area (Å²) >= 11 is 0. The zero-order valence-corrected chi connectivity index (χ0v) is 11.0. The van der Waals surface area contributed by atoms with Gasteiger partial charge in [0.1, 0.15) is 0 Å². The third kappa shape index (κ3) is 3.83. The minimum Gasteiger partial charge on any atom is -0.396 e. The normalized spacial score (nSPS) is 10.8. The SMILES string of the molecule is O=C(CCc1c[nH]c2ccccc12)NCCCCO. The van der Waals surface area contributed by atoms with Crippen molar-refractivity contribution in [2.24, 2.45) is 0 Å². The number of aryl methyl sites for hydroxylation is 1. The molecule has 102 valence electrons. The van der Waals surface area contributed by atoms with Crippen LogP contribution in [0.15, 0.2) is 30.5 Å². The van der Waals surface area contributed by atoms with Gasteiger partial charge in [-0.15, -0.1) is 0 Å². The maximum Gasteiger partial charge on any atom is 0.220 e. The summed E-state index contributed by atoms with van der Waals surface area (Å²) in [6.07, 6.45) is 4.79. The van der Waals surface area contributed by atoms with Gasteiger partial charge >= 0.3 is 0 Å². The van der Waals surface area contributed by atoms with Gasteiger partial charge in [0, 0.05) is 36.7 Å². The van der Waals surface area contributed by atoms with E-state index in [1.165, 1.54) is 10.9 Å². The van der Waals surface area contributed by atoms with Crippen LogP contribution in [0, 0.1) is 0 Å². The predicted molar refractivity (Wildman–Crippen MR) is 75.9 cm³/mol. The van der Waals surface area contributed by atoms with Crippen molar-refractivity contribution in [3.05, 3.63) is 36.0 Å². The smallest absolute Gasteiger partial charge is 0.220 e. The third-order valence-corrected chi connectivity index (χ3v) is 3.20. The highest BCUT2D eigenvalue weighted by molar-refractivity contribution is 5.84. The van der Waals surface area contributed by atoms with Crippen LogP contribution in [0.3, 0.4) is 0 Å². The Bertz CT molecular complexity index is 534. The number of unbranched alkanes of at least 4 members (excludes halogenated alkanes) is 1. The van der Waals surface area contributed by atoms with Crippen LogP contribution in [0.25, 0.3) is 10.9 Å². The number of hydrogen-bond donors (Lipinski definition) is 3. The number of H-pyrrole nitrogens is 1. The molecule has 0 fully saturated rings. The molecule has 1 aromatic carbocycles. The number of rotatable bonds is 7. The van der Waals surface area contributed by atoms with Crippen molar-refractivity contribution >= 4 is 16.8 Å². The fraction of sp³-hybridized carbons (Fsp3) is 0.400. The molecule has 1 heterocycles. The lowest BCUT2D eigenvalue weighted by molar-refractivity contribution is -0.121. The number of hydrogen-bond acceptors (Lipinski definition) is 2. The van der Waals surface area contributed by atoms with Crippen molar-refractivity contribution in [2.75, 3.05) is 13.2 Å². The maximum absolute atomic E-state index is 11.7. The molecular weight excluding hydrogens is 240 g/mol. The number of carbonyl (C=O) groups excluding carboxylic acids is 1. The van der Waals surface area contributed by atoms with Crippen molar-refractivity contribution in [3.63, 3.8) is 0 Å². The molecule has 0 saturated heterocycles. The van der Waals surface area contributed by atoms with Crippen LogP contribution in [0.4, 0.5) is 0 Å². The quantitative estimate of drug-likeness (QED) is 0.667. The molecule has 0 radical (unpaired) electrons. The summed E-state index contributed by atoms with van der Waals surface area (Å²) in [7, 11) is 0. The Labute approximate surface area is 112 Å². The minimum absolute atomic E-state index is 0.0724. The highest BCUT2D eigenvalue weighted by Crippen LogP contribution is 2.18. The molecule has 1 amide bonds. The summed E-state index contributed by atoms with van der Waals surface area (Å²) in [5.41, 5.74) is 2.29. The standard InChI is InChI=1S/C15H20N2O2/c18-10-4-3-9-16-15(19)8-7-12-11-17-14-6-2-1-5-13(12)14/h1-2,5-6,11,17-18H,3-4,7-10H2,(H,16,19). The van der Waals surface area contributed by atoms with Gasteiger partial charge in [-0.2, -0.15) is 0 Å². The van der Waals surface area contributed by atoms with Crippen molar-refractivity contribution < 1.29 is 9.90 Å². The molecular formula is C15H20N2O2. The van der Waals surface area contributed by atoms with E-state index in [-0.39, 0.29) is 12.5 Å². The van der Waals surface area contributed by atoms with E-state index < -0.39 is 0 Å². The average molecular weight is 260 g/mol. The molecule has 4 nitrogen and oxygen atoms in total. The van der Waals surface area contributed by atoms with Crippen LogP contribution >= 0.6 is 0 Å². The largest absolute Gasteiger partial charge is 0.396 e. The molecule has 0 spiro atoms. The molecule has 1 aromatic heterocycles. The second-order valence-corrected chi connectivity index (χ2v) is 4.64. The van der Waals surface area contributed by atoms with Crippen LogP contribution in [0.1, 0.15) is 24.8 Å². The van der Waals surface area contributed by atoms with E-state index in [1.807, 2.05) is 24.4 Å². The van der Waals surface area contributed by atoms with Gasteiger partial charge in [-0.25, -0.2) is 0 Å². The summed E-state index contributed by atoms with van der Waals surface area (Å²) in [6, 6.07) is 8.11. The summed E-state index contributed by atoms with van der Waals surface area (Å²) in [4.78, 5) is 14.9. The molecule has 0 saturated carbocycles. The molecule has 0 bridgehead atoms. The maximum atomic E-state index is 11.7. The van der Waals surface area contributed by atoms with Crippen molar-refractivity contribution in [1.29, 1.82) is 0 Å². The van der Waals surface area contributed by atoms with E-state index in [2.05, 4.69) is 16.4 Å². The Balaban J connectivity index is 1.80. The van der Waals surface area contributed by atoms with Gasteiger partial charge < -0.3 is 15.4 Å². The van der Waals surface area contributed by atoms with Gasteiger partial charge in [-0.3, -0.25) is 4.79 Å². The number of aromatic nitrogens is 1. The first-order valence-electron chi connectivity index (χ1n) is 6.74. The van der Waals surface area contributed by atoms with Gasteiger partial charge in [0.2, 0.25) is 5.91 Å². The summed E-state index contributed by atoms with van der Waals surface area (Å²) in [6.45, 7) is 0.832. The van der Waals surface area contributed by atoms with Crippen LogP contribution in [-0.4, -0.2) is 29.1 Å². The number of aliphatic hydroxyl groups excluding tert-OH is 1. The van der Waals surface area contributed by atoms with Crippen LogP contribution in [0.5, 0.6) is 0 Å². The fourth-order valence-electron chi connectivity index (χ4n) is 2.14. The van der Waals surface area contributed by atoms with Gasteiger partial charge in [0.15, 0.2) is 0 Å². The first kappa shape index (κ1) is 13.6. The summed E-state index contributed by atoms with van der Waals surface area (Å²) in [5, 5.41) is 12.7. The molecule has 0 aliphatic rings. The van der Waals surface area contributed by atoms with Crippen LogP contribution in [0.2, 0.25) is 0 Å². The van der Waals surface area contributed by atoms with E-state index in [4.69, 9.17) is 5.11 Å². The Hall–Kier alpha value is -1.81. The van der Waals surface area contributed by atoms with Gasteiger partial charge in [0.05, 0.1) is 0 Å². The first-order chi connectivity index (χ1) is 9.31. The lowest BCUT2D eigenvalue weighted by Gasteiger charge is -2.04. The third-order valence-electron chi connectivity index (χ3n) is 3.20. The lowest BCUT2D eigenvalue weighted by atomic mass is 10.1. The number of fused-ring (bicyclic) bond motifs is 1. The van der Waals surface area contributed by atoms with E-state index in [9.17, 15) is 4.79 Å². The molecule has 0 aliphatic heterocycles. The monoisotopic (exact) mass is 260 g/mol. The molecule has 19 heavy (non-hydrogen) atoms. The lowest BCUT2D eigenvalue weighted by Crippen LogP contribution is -2.24. The van der Waals surface area contributed by atoms with Gasteiger partial charge in [0.25, 0.3) is 0 Å². The highest BCUT2D eigenvalue weighted by Gasteiger charge is 2.06. The highest BCUT2D eigenvalue weighted by atomic mass is 16.2. The fourth-order valence-corrected chi connectivity index (χ4v) is 2.14. The molecule has 0 atom stereocenters. The molecule has 4 heteroatoms. The van der Waals surface area contributed by atoms with Crippen LogP contribution < -0.4 is 5.32 Å². The Morgan fingerprint density at radius 3 is 2.95 bits per heavy atom. The Morgan fingerprint density at radius 2 is 2.11 bits per heavy atom. The Morgan fingerprint density at radius 1 is 1.26 bits per heavy atom. The first-order valence-corrected chi connectivity index (χ1v) is 6.74. The predicted octanol–water partition coefficient (Wildman–Crippen LogP) is 1.99. The van der Waals surface area contributed by atoms with E-state index in [0.29, 0.717) is 13.0 Å². The molecule has 2 rings (SSSR count). The topological polar surface area (TPSA) is 65.1 Å². The van der Waals surface area contributed by atoms with E-state index >= 15 is 0 Å². The summed E-state index contributed by atoms with van der Waals surface area (Å²) < 4.78 is 0. The number of amides is 1. The molecule has 2 aromatic rings. The molecule has 0 aliphatic carbocycles. The number of carbonyl (C=O) groups is 1. The number of benzene rings is 1. The zero-order chi connectivity index (χ0) is 13.5. The Kier molecular flexibility index (Phi) is 4.98. The second-order valence-electron chi connectivity index (χ2n) is 4.64. The number of aliphatic hydroxyl groups is 1. The average Bonchev–Trinajstić information content (AvgIpc) is 2.85. The van der Waals surface area contributed by atoms with E-state index in [1.54, 1.807) is 0 Å². The van der Waals surface area contributed by atoms with Crippen LogP contribution in [-0.2, 0) is 11.2 Å². The number of para-hydroxylation sites is 1. The second kappa shape index (κ2) is 6.95. The van der Waals surface area contributed by atoms with Gasteiger partial charge in [-0.1, -0.05) is 18.2 Å². The minimum atomic E-state index is 0.0724. The molecule has 0 unspecified atom stereocenters.